The number of aromatic nitrogens is 2. The summed E-state index contributed by atoms with van der Waals surface area (Å²) in [5, 5.41) is 9.12. The van der Waals surface area contributed by atoms with Gasteiger partial charge in [0.1, 0.15) is 5.82 Å². The summed E-state index contributed by atoms with van der Waals surface area (Å²) < 4.78 is 25.9. The topological polar surface area (TPSA) is 72.2 Å². The molecule has 0 spiro atoms. The largest absolute Gasteiger partial charge is 0.396 e. The lowest BCUT2D eigenvalue weighted by Crippen LogP contribution is -2.24. The summed E-state index contributed by atoms with van der Waals surface area (Å²) >= 11 is 0. The van der Waals surface area contributed by atoms with Crippen LogP contribution in [0.15, 0.2) is 6.20 Å². The fourth-order valence-electron chi connectivity index (χ4n) is 3.30. The summed E-state index contributed by atoms with van der Waals surface area (Å²) in [6.45, 7) is 1.04. The lowest BCUT2D eigenvalue weighted by Gasteiger charge is -2.24. The number of rotatable bonds is 3. The van der Waals surface area contributed by atoms with Crippen molar-refractivity contribution in [3.05, 3.63) is 17.7 Å². The molecule has 1 N–H and O–H groups in total. The number of hydrogen-bond donors (Lipinski definition) is 1. The van der Waals surface area contributed by atoms with Crippen molar-refractivity contribution in [2.75, 3.05) is 12.4 Å². The van der Waals surface area contributed by atoms with Crippen LogP contribution in [0, 0.1) is 0 Å². The van der Waals surface area contributed by atoms with Crippen molar-refractivity contribution < 1.29 is 13.5 Å². The average molecular weight is 284 g/mol. The van der Waals surface area contributed by atoms with Crippen molar-refractivity contribution in [2.24, 2.45) is 0 Å². The van der Waals surface area contributed by atoms with Gasteiger partial charge in [-0.05, 0) is 25.7 Å². The van der Waals surface area contributed by atoms with Crippen LogP contribution < -0.4 is 0 Å². The average Bonchev–Trinajstić information content (AvgIpc) is 2.94. The summed E-state index contributed by atoms with van der Waals surface area (Å²) in [5.74, 6) is 1.36. The first-order chi connectivity index (χ1) is 9.12. The molecule has 3 heterocycles. The van der Waals surface area contributed by atoms with Crippen LogP contribution in [0.4, 0.5) is 0 Å². The second kappa shape index (κ2) is 4.90. The third-order valence-electron chi connectivity index (χ3n) is 4.42. The van der Waals surface area contributed by atoms with Gasteiger partial charge in [-0.2, -0.15) is 0 Å². The molecule has 2 aliphatic rings. The van der Waals surface area contributed by atoms with Crippen LogP contribution >= 0.6 is 0 Å². The molecule has 1 aromatic rings. The molecule has 1 fully saturated rings. The molecule has 0 saturated carbocycles. The Morgan fingerprint density at radius 2 is 2.21 bits per heavy atom. The number of aliphatic hydroxyl groups is 1. The van der Waals surface area contributed by atoms with Gasteiger partial charge in [-0.1, -0.05) is 0 Å². The standard InChI is InChI=1S/C13H20N2O3S/c16-9-10-3-1-5-15-12(10)8-14-13(15)7-11-4-2-6-19(11,17)18/h8,10-11,16H,1-7,9H2. The molecule has 1 aromatic heterocycles. The minimum absolute atomic E-state index is 0.146. The zero-order valence-corrected chi connectivity index (χ0v) is 11.8. The van der Waals surface area contributed by atoms with Crippen molar-refractivity contribution in [1.29, 1.82) is 0 Å². The lowest BCUT2D eigenvalue weighted by atomic mass is 9.97. The highest BCUT2D eigenvalue weighted by Crippen LogP contribution is 2.30. The predicted octanol–water partition coefficient (Wildman–Crippen LogP) is 0.872. The highest BCUT2D eigenvalue weighted by atomic mass is 32.2. The van der Waals surface area contributed by atoms with E-state index in [1.807, 2.05) is 6.20 Å². The van der Waals surface area contributed by atoms with Gasteiger partial charge in [0.2, 0.25) is 0 Å². The Labute approximate surface area is 113 Å². The molecule has 0 aromatic carbocycles. The van der Waals surface area contributed by atoms with Crippen LogP contribution in [0.1, 0.15) is 43.1 Å². The number of fused-ring (bicyclic) bond motifs is 1. The van der Waals surface area contributed by atoms with Gasteiger partial charge in [-0.25, -0.2) is 13.4 Å². The molecule has 6 heteroatoms. The number of nitrogens with zero attached hydrogens (tertiary/aromatic N) is 2. The summed E-state index contributed by atoms with van der Waals surface area (Å²) in [4.78, 5) is 4.41. The number of hydrogen-bond acceptors (Lipinski definition) is 4. The molecule has 0 aliphatic carbocycles. The Morgan fingerprint density at radius 3 is 2.89 bits per heavy atom. The molecule has 2 aliphatic heterocycles. The first-order valence-electron chi connectivity index (χ1n) is 6.98. The van der Waals surface area contributed by atoms with E-state index in [2.05, 4.69) is 9.55 Å². The summed E-state index contributed by atoms with van der Waals surface area (Å²) in [6.07, 6.45) is 5.90. The van der Waals surface area contributed by atoms with Gasteiger partial charge in [-0.15, -0.1) is 0 Å². The molecule has 2 unspecified atom stereocenters. The second-order valence-corrected chi connectivity index (χ2v) is 8.01. The molecule has 0 bridgehead atoms. The molecule has 106 valence electrons. The van der Waals surface area contributed by atoms with Gasteiger partial charge in [-0.3, -0.25) is 0 Å². The van der Waals surface area contributed by atoms with Crippen LogP contribution in [-0.4, -0.2) is 40.7 Å². The van der Waals surface area contributed by atoms with Gasteiger partial charge in [0.05, 0.1) is 17.6 Å². The molecule has 0 radical (unpaired) electrons. The quantitative estimate of drug-likeness (QED) is 0.894. The second-order valence-electron chi connectivity index (χ2n) is 5.61. The third kappa shape index (κ3) is 2.31. The molecular formula is C13H20N2O3S. The van der Waals surface area contributed by atoms with E-state index in [1.54, 1.807) is 0 Å². The Hall–Kier alpha value is -0.880. The number of sulfone groups is 1. The van der Waals surface area contributed by atoms with E-state index in [0.717, 1.165) is 43.7 Å². The fraction of sp³-hybridized carbons (Fsp3) is 0.769. The van der Waals surface area contributed by atoms with Crippen molar-refractivity contribution in [2.45, 2.75) is 49.8 Å². The van der Waals surface area contributed by atoms with E-state index < -0.39 is 9.84 Å². The van der Waals surface area contributed by atoms with Gasteiger partial charge < -0.3 is 9.67 Å². The maximum Gasteiger partial charge on any atom is 0.153 e. The van der Waals surface area contributed by atoms with Crippen molar-refractivity contribution >= 4 is 9.84 Å². The minimum Gasteiger partial charge on any atom is -0.396 e. The molecule has 19 heavy (non-hydrogen) atoms. The van der Waals surface area contributed by atoms with Crippen molar-refractivity contribution in [3.8, 4) is 0 Å². The smallest absolute Gasteiger partial charge is 0.153 e. The van der Waals surface area contributed by atoms with Gasteiger partial charge >= 0.3 is 0 Å². The molecule has 3 rings (SSSR count). The first kappa shape index (κ1) is 13.1. The van der Waals surface area contributed by atoms with E-state index >= 15 is 0 Å². The van der Waals surface area contributed by atoms with E-state index in [0.29, 0.717) is 12.2 Å². The first-order valence-corrected chi connectivity index (χ1v) is 8.70. The molecular weight excluding hydrogens is 264 g/mol. The van der Waals surface area contributed by atoms with E-state index in [4.69, 9.17) is 0 Å². The Balaban J connectivity index is 1.85. The van der Waals surface area contributed by atoms with Crippen LogP contribution in [0.2, 0.25) is 0 Å². The summed E-state index contributed by atoms with van der Waals surface area (Å²) in [6, 6.07) is 0. The van der Waals surface area contributed by atoms with E-state index in [1.165, 1.54) is 0 Å². The molecule has 1 saturated heterocycles. The van der Waals surface area contributed by atoms with Crippen molar-refractivity contribution in [3.63, 3.8) is 0 Å². The van der Waals surface area contributed by atoms with E-state index in [-0.39, 0.29) is 17.8 Å². The van der Waals surface area contributed by atoms with Crippen LogP contribution in [0.3, 0.4) is 0 Å². The van der Waals surface area contributed by atoms with Crippen LogP contribution in [0.25, 0.3) is 0 Å². The minimum atomic E-state index is -2.91. The normalized spacial score (nSPS) is 29.3. The molecule has 5 nitrogen and oxygen atoms in total. The maximum atomic E-state index is 11.9. The zero-order chi connectivity index (χ0) is 13.5. The lowest BCUT2D eigenvalue weighted by molar-refractivity contribution is 0.240. The van der Waals surface area contributed by atoms with Crippen LogP contribution in [0.5, 0.6) is 0 Å². The van der Waals surface area contributed by atoms with Crippen LogP contribution in [-0.2, 0) is 22.8 Å². The number of imidazole rings is 1. The fourth-order valence-corrected chi connectivity index (χ4v) is 5.13. The summed E-state index contributed by atoms with van der Waals surface area (Å²) in [7, 11) is -2.91. The Kier molecular flexibility index (Phi) is 3.39. The predicted molar refractivity (Wildman–Crippen MR) is 71.8 cm³/mol. The molecule has 2 atom stereocenters. The van der Waals surface area contributed by atoms with Gasteiger partial charge in [0.25, 0.3) is 0 Å². The van der Waals surface area contributed by atoms with Gasteiger partial charge in [0, 0.05) is 30.8 Å². The highest BCUT2D eigenvalue weighted by molar-refractivity contribution is 7.92. The van der Waals surface area contributed by atoms with Crippen molar-refractivity contribution in [1.82, 2.24) is 9.55 Å². The Morgan fingerprint density at radius 1 is 1.37 bits per heavy atom. The molecule has 0 amide bonds. The Bertz CT molecular complexity index is 564. The maximum absolute atomic E-state index is 11.9. The monoisotopic (exact) mass is 284 g/mol. The SMILES string of the molecule is O=S1(=O)CCCC1Cc1ncc2n1CCCC2CO. The van der Waals surface area contributed by atoms with Gasteiger partial charge in [0.15, 0.2) is 9.84 Å². The third-order valence-corrected chi connectivity index (χ3v) is 6.69. The summed E-state index contributed by atoms with van der Waals surface area (Å²) in [5.41, 5.74) is 1.07. The highest BCUT2D eigenvalue weighted by Gasteiger charge is 2.33. The van der Waals surface area contributed by atoms with E-state index in [9.17, 15) is 13.5 Å². The number of aliphatic hydroxyl groups excluding tert-OH is 1. The zero-order valence-electron chi connectivity index (χ0n) is 11.0.